The van der Waals surface area contributed by atoms with Gasteiger partial charge in [-0.3, -0.25) is 4.79 Å². The molecule has 0 bridgehead atoms. The SMILES string of the molecule is CCCC/C=C\C/C=C\CCCCCCCC(=O)N[C@@H](Cc1ccccc1)C(=O)O. The highest BCUT2D eigenvalue weighted by molar-refractivity contribution is 5.83. The van der Waals surface area contributed by atoms with Crippen molar-refractivity contribution in [3.8, 4) is 0 Å². The second kappa shape index (κ2) is 17.5. The molecule has 0 aliphatic carbocycles. The van der Waals surface area contributed by atoms with Crippen LogP contribution < -0.4 is 5.32 Å². The summed E-state index contributed by atoms with van der Waals surface area (Å²) in [6.45, 7) is 2.21. The minimum Gasteiger partial charge on any atom is -0.480 e. The number of carbonyl (C=O) groups is 2. The molecule has 4 heteroatoms. The Kier molecular flexibility index (Phi) is 15.0. The molecule has 1 amide bonds. The van der Waals surface area contributed by atoms with Gasteiger partial charge in [-0.05, 0) is 37.7 Å². The normalized spacial score (nSPS) is 12.4. The van der Waals surface area contributed by atoms with E-state index in [9.17, 15) is 14.7 Å². The summed E-state index contributed by atoms with van der Waals surface area (Å²) >= 11 is 0. The van der Waals surface area contributed by atoms with E-state index in [2.05, 4.69) is 36.5 Å². The Balaban J connectivity index is 2.05. The Bertz CT molecular complexity index is 637. The van der Waals surface area contributed by atoms with Crippen molar-refractivity contribution < 1.29 is 14.7 Å². The van der Waals surface area contributed by atoms with Gasteiger partial charge in [0.25, 0.3) is 0 Å². The van der Waals surface area contributed by atoms with E-state index >= 15 is 0 Å². The topological polar surface area (TPSA) is 66.4 Å². The number of unbranched alkanes of at least 4 members (excludes halogenated alkanes) is 7. The second-order valence-corrected chi connectivity index (χ2v) is 7.78. The Morgan fingerprint density at radius 1 is 0.900 bits per heavy atom. The minimum absolute atomic E-state index is 0.173. The van der Waals surface area contributed by atoms with E-state index in [-0.39, 0.29) is 5.91 Å². The average Bonchev–Trinajstić information content (AvgIpc) is 2.74. The number of hydrogen-bond acceptors (Lipinski definition) is 2. The fourth-order valence-corrected chi connectivity index (χ4v) is 3.22. The lowest BCUT2D eigenvalue weighted by Gasteiger charge is -2.14. The number of nitrogens with one attached hydrogen (secondary N) is 1. The fourth-order valence-electron chi connectivity index (χ4n) is 3.22. The van der Waals surface area contributed by atoms with Gasteiger partial charge in [-0.25, -0.2) is 4.79 Å². The van der Waals surface area contributed by atoms with Crippen molar-refractivity contribution >= 4 is 11.9 Å². The average molecular weight is 414 g/mol. The van der Waals surface area contributed by atoms with Crippen LogP contribution in [0.2, 0.25) is 0 Å². The molecule has 4 nitrogen and oxygen atoms in total. The van der Waals surface area contributed by atoms with E-state index in [1.165, 1.54) is 32.1 Å². The van der Waals surface area contributed by atoms with Gasteiger partial charge in [-0.15, -0.1) is 0 Å². The maximum atomic E-state index is 12.1. The van der Waals surface area contributed by atoms with Crippen LogP contribution in [0.25, 0.3) is 0 Å². The zero-order valence-corrected chi connectivity index (χ0v) is 18.5. The van der Waals surface area contributed by atoms with E-state index in [0.717, 1.165) is 37.7 Å². The molecule has 0 aromatic heterocycles. The first-order valence-corrected chi connectivity index (χ1v) is 11.5. The number of carbonyl (C=O) groups excluding carboxylic acids is 1. The number of carboxylic acid groups (broad SMARTS) is 1. The van der Waals surface area contributed by atoms with Crippen LogP contribution >= 0.6 is 0 Å². The van der Waals surface area contributed by atoms with Gasteiger partial charge in [-0.1, -0.05) is 93.7 Å². The number of amides is 1. The third kappa shape index (κ3) is 13.8. The predicted molar refractivity (Wildman–Crippen MR) is 124 cm³/mol. The highest BCUT2D eigenvalue weighted by Crippen LogP contribution is 2.09. The maximum absolute atomic E-state index is 12.1. The number of aliphatic carboxylic acids is 1. The molecule has 0 aliphatic heterocycles. The summed E-state index contributed by atoms with van der Waals surface area (Å²) < 4.78 is 0. The molecule has 0 unspecified atom stereocenters. The molecule has 0 heterocycles. The van der Waals surface area contributed by atoms with Gasteiger partial charge in [0.05, 0.1) is 0 Å². The third-order valence-electron chi connectivity index (χ3n) is 5.02. The Morgan fingerprint density at radius 3 is 2.20 bits per heavy atom. The van der Waals surface area contributed by atoms with Gasteiger partial charge in [0.15, 0.2) is 0 Å². The van der Waals surface area contributed by atoms with Crippen molar-refractivity contribution in [3.05, 3.63) is 60.2 Å². The molecule has 30 heavy (non-hydrogen) atoms. The molecular formula is C26H39NO3. The first kappa shape index (κ1) is 25.7. The van der Waals surface area contributed by atoms with Gasteiger partial charge in [0.1, 0.15) is 6.04 Å². The van der Waals surface area contributed by atoms with Crippen molar-refractivity contribution in [1.29, 1.82) is 0 Å². The molecule has 166 valence electrons. The van der Waals surface area contributed by atoms with E-state index < -0.39 is 12.0 Å². The first-order valence-electron chi connectivity index (χ1n) is 11.5. The molecule has 1 atom stereocenters. The summed E-state index contributed by atoms with van der Waals surface area (Å²) in [4.78, 5) is 23.5. The van der Waals surface area contributed by atoms with Crippen molar-refractivity contribution in [2.45, 2.75) is 90.0 Å². The zero-order valence-electron chi connectivity index (χ0n) is 18.5. The Morgan fingerprint density at radius 2 is 1.53 bits per heavy atom. The number of hydrogen-bond donors (Lipinski definition) is 2. The highest BCUT2D eigenvalue weighted by atomic mass is 16.4. The lowest BCUT2D eigenvalue weighted by atomic mass is 10.1. The number of rotatable bonds is 17. The van der Waals surface area contributed by atoms with Crippen LogP contribution in [0.15, 0.2) is 54.6 Å². The summed E-state index contributed by atoms with van der Waals surface area (Å²) in [5, 5.41) is 12.0. The molecule has 0 fully saturated rings. The summed E-state index contributed by atoms with van der Waals surface area (Å²) in [6.07, 6.45) is 20.8. The van der Waals surface area contributed by atoms with E-state index in [0.29, 0.717) is 12.8 Å². The van der Waals surface area contributed by atoms with Gasteiger partial charge in [0, 0.05) is 12.8 Å². The molecular weight excluding hydrogens is 374 g/mol. The lowest BCUT2D eigenvalue weighted by Crippen LogP contribution is -2.42. The Hall–Kier alpha value is -2.36. The molecule has 1 aromatic rings. The van der Waals surface area contributed by atoms with Crippen LogP contribution in [0, 0.1) is 0 Å². The zero-order chi connectivity index (χ0) is 21.9. The van der Waals surface area contributed by atoms with Gasteiger partial charge < -0.3 is 10.4 Å². The van der Waals surface area contributed by atoms with Crippen molar-refractivity contribution in [1.82, 2.24) is 5.32 Å². The van der Waals surface area contributed by atoms with Gasteiger partial charge >= 0.3 is 5.97 Å². The van der Waals surface area contributed by atoms with Gasteiger partial charge in [-0.2, -0.15) is 0 Å². The summed E-state index contributed by atoms with van der Waals surface area (Å²) in [6, 6.07) is 8.52. The second-order valence-electron chi connectivity index (χ2n) is 7.78. The maximum Gasteiger partial charge on any atom is 0.326 e. The number of allylic oxidation sites excluding steroid dienone is 4. The van der Waals surface area contributed by atoms with Crippen molar-refractivity contribution in [2.75, 3.05) is 0 Å². The molecule has 0 saturated carbocycles. The van der Waals surface area contributed by atoms with Crippen LogP contribution in [0.4, 0.5) is 0 Å². The summed E-state index contributed by atoms with van der Waals surface area (Å²) in [7, 11) is 0. The molecule has 0 aliphatic rings. The standard InChI is InChI=1S/C26H39NO3/c1-2-3-4-5-6-7-8-9-10-11-12-13-14-18-21-25(28)27-24(26(29)30)22-23-19-16-15-17-20-23/h5-6,8-9,15-17,19-20,24H,2-4,7,10-14,18,21-22H2,1H3,(H,27,28)(H,29,30)/b6-5-,9-8-/t24-/m0/s1. The third-order valence-corrected chi connectivity index (χ3v) is 5.02. The smallest absolute Gasteiger partial charge is 0.326 e. The number of carboxylic acids is 1. The largest absolute Gasteiger partial charge is 0.480 e. The Labute approximate surface area is 182 Å². The van der Waals surface area contributed by atoms with Gasteiger partial charge in [0.2, 0.25) is 5.91 Å². The highest BCUT2D eigenvalue weighted by Gasteiger charge is 2.19. The van der Waals surface area contributed by atoms with Crippen LogP contribution in [0.3, 0.4) is 0 Å². The molecule has 2 N–H and O–H groups in total. The van der Waals surface area contributed by atoms with E-state index in [4.69, 9.17) is 0 Å². The monoisotopic (exact) mass is 413 g/mol. The van der Waals surface area contributed by atoms with Crippen LogP contribution in [0.5, 0.6) is 0 Å². The molecule has 1 aromatic carbocycles. The lowest BCUT2D eigenvalue weighted by molar-refractivity contribution is -0.141. The van der Waals surface area contributed by atoms with Crippen LogP contribution in [-0.4, -0.2) is 23.0 Å². The van der Waals surface area contributed by atoms with E-state index in [1.54, 1.807) is 0 Å². The quantitative estimate of drug-likeness (QED) is 0.235. The van der Waals surface area contributed by atoms with Crippen LogP contribution in [-0.2, 0) is 16.0 Å². The minimum atomic E-state index is -0.989. The fraction of sp³-hybridized carbons (Fsp3) is 0.538. The van der Waals surface area contributed by atoms with Crippen molar-refractivity contribution in [3.63, 3.8) is 0 Å². The summed E-state index contributed by atoms with van der Waals surface area (Å²) in [5.41, 5.74) is 0.909. The molecule has 0 radical (unpaired) electrons. The molecule has 1 rings (SSSR count). The van der Waals surface area contributed by atoms with Crippen molar-refractivity contribution in [2.24, 2.45) is 0 Å². The predicted octanol–water partition coefficient (Wildman–Crippen LogP) is 6.22. The molecule has 0 spiro atoms. The first-order chi connectivity index (χ1) is 14.6. The van der Waals surface area contributed by atoms with E-state index in [1.807, 2.05) is 30.3 Å². The number of benzene rings is 1. The molecule has 0 saturated heterocycles. The summed E-state index contributed by atoms with van der Waals surface area (Å²) in [5.74, 6) is -1.16. The van der Waals surface area contributed by atoms with Crippen LogP contribution in [0.1, 0.15) is 83.1 Å².